The number of benzene rings is 1. The third-order valence-electron chi connectivity index (χ3n) is 2.75. The van der Waals surface area contributed by atoms with E-state index in [0.29, 0.717) is 11.0 Å². The Kier molecular flexibility index (Phi) is 5.35. The summed E-state index contributed by atoms with van der Waals surface area (Å²) in [6.45, 7) is 0. The predicted octanol–water partition coefficient (Wildman–Crippen LogP) is 3.91. The number of halogens is 1. The van der Waals surface area contributed by atoms with Crippen molar-refractivity contribution < 1.29 is 0 Å². The minimum atomic E-state index is 0.437. The Morgan fingerprint density at radius 3 is 2.57 bits per heavy atom. The summed E-state index contributed by atoms with van der Waals surface area (Å²) in [7, 11) is 4.04. The maximum Gasteiger partial charge on any atom is 0.147 e. The highest BCUT2D eigenvalue weighted by molar-refractivity contribution is 6.29. The molecule has 0 aliphatic carbocycles. The number of anilines is 2. The molecule has 108 valence electrons. The third kappa shape index (κ3) is 4.93. The fourth-order valence-corrected chi connectivity index (χ4v) is 1.82. The topological polar surface area (TPSA) is 40.5 Å². The van der Waals surface area contributed by atoms with E-state index in [4.69, 9.17) is 11.6 Å². The van der Waals surface area contributed by atoms with Gasteiger partial charge in [0.2, 0.25) is 0 Å². The molecule has 0 fully saturated rings. The van der Waals surface area contributed by atoms with Gasteiger partial charge in [0.1, 0.15) is 11.0 Å². The Labute approximate surface area is 129 Å². The average molecular weight is 301 g/mol. The molecule has 2 rings (SSSR count). The molecule has 0 unspecified atom stereocenters. The largest absolute Gasteiger partial charge is 0.378 e. The first-order chi connectivity index (χ1) is 10.1. The fraction of sp³-hybridized carbons (Fsp3) is 0.125. The number of pyridine rings is 1. The van der Waals surface area contributed by atoms with Crippen LogP contribution in [0.2, 0.25) is 5.15 Å². The number of aromatic nitrogens is 1. The quantitative estimate of drug-likeness (QED) is 0.517. The molecule has 0 atom stereocenters. The van der Waals surface area contributed by atoms with Crippen molar-refractivity contribution >= 4 is 35.4 Å². The van der Waals surface area contributed by atoms with E-state index in [0.717, 1.165) is 5.56 Å². The Morgan fingerprint density at radius 1 is 1.14 bits per heavy atom. The van der Waals surface area contributed by atoms with Crippen molar-refractivity contribution in [3.63, 3.8) is 0 Å². The van der Waals surface area contributed by atoms with E-state index in [-0.39, 0.29) is 0 Å². The molecule has 2 aromatic rings. The molecule has 0 saturated heterocycles. The molecular formula is C16H17ClN4. The van der Waals surface area contributed by atoms with Crippen LogP contribution in [-0.4, -0.2) is 25.3 Å². The molecule has 1 aromatic heterocycles. The second kappa shape index (κ2) is 7.45. The van der Waals surface area contributed by atoms with Gasteiger partial charge in [-0.3, -0.25) is 5.43 Å². The molecule has 0 spiro atoms. The summed E-state index contributed by atoms with van der Waals surface area (Å²) in [5.74, 6) is 0.613. The molecular weight excluding hydrogens is 284 g/mol. The minimum absolute atomic E-state index is 0.437. The summed E-state index contributed by atoms with van der Waals surface area (Å²) >= 11 is 5.78. The minimum Gasteiger partial charge on any atom is -0.378 e. The van der Waals surface area contributed by atoms with E-state index in [1.54, 1.807) is 18.3 Å². The van der Waals surface area contributed by atoms with Gasteiger partial charge in [-0.15, -0.1) is 0 Å². The molecule has 5 heteroatoms. The van der Waals surface area contributed by atoms with Crippen LogP contribution in [0.25, 0.3) is 6.08 Å². The zero-order valence-electron chi connectivity index (χ0n) is 12.0. The summed E-state index contributed by atoms with van der Waals surface area (Å²) in [6, 6.07) is 13.6. The highest BCUT2D eigenvalue weighted by atomic mass is 35.5. The average Bonchev–Trinajstić information content (AvgIpc) is 2.47. The number of hydrazone groups is 1. The van der Waals surface area contributed by atoms with Crippen LogP contribution >= 0.6 is 11.6 Å². The van der Waals surface area contributed by atoms with Crippen LogP contribution in [0.15, 0.2) is 53.6 Å². The third-order valence-corrected chi connectivity index (χ3v) is 2.96. The zero-order chi connectivity index (χ0) is 15.1. The van der Waals surface area contributed by atoms with E-state index in [1.807, 2.05) is 32.3 Å². The molecule has 0 bridgehead atoms. The van der Waals surface area contributed by atoms with Crippen molar-refractivity contribution in [3.05, 3.63) is 59.3 Å². The van der Waals surface area contributed by atoms with Gasteiger partial charge < -0.3 is 4.90 Å². The molecule has 1 aromatic carbocycles. The van der Waals surface area contributed by atoms with Crippen LogP contribution in [-0.2, 0) is 0 Å². The second-order valence-corrected chi connectivity index (χ2v) is 4.97. The number of hydrogen-bond donors (Lipinski definition) is 1. The summed E-state index contributed by atoms with van der Waals surface area (Å²) < 4.78 is 0. The van der Waals surface area contributed by atoms with E-state index in [9.17, 15) is 0 Å². The normalized spacial score (nSPS) is 11.2. The Bertz CT molecular complexity index is 633. The molecule has 1 N–H and O–H groups in total. The van der Waals surface area contributed by atoms with E-state index >= 15 is 0 Å². The number of nitrogens with zero attached hydrogens (tertiary/aromatic N) is 3. The lowest BCUT2D eigenvalue weighted by atomic mass is 10.2. The first-order valence-corrected chi connectivity index (χ1v) is 6.88. The van der Waals surface area contributed by atoms with E-state index < -0.39 is 0 Å². The Balaban J connectivity index is 1.88. The van der Waals surface area contributed by atoms with Crippen molar-refractivity contribution in [2.75, 3.05) is 24.4 Å². The fourth-order valence-electron chi connectivity index (χ4n) is 1.65. The van der Waals surface area contributed by atoms with Crippen LogP contribution in [0.1, 0.15) is 5.56 Å². The summed E-state index contributed by atoms with van der Waals surface area (Å²) in [6.07, 6.45) is 5.51. The number of hydrogen-bond acceptors (Lipinski definition) is 4. The van der Waals surface area contributed by atoms with Crippen molar-refractivity contribution in [1.29, 1.82) is 0 Å². The second-order valence-electron chi connectivity index (χ2n) is 4.58. The number of nitrogens with one attached hydrogen (secondary N) is 1. The van der Waals surface area contributed by atoms with Gasteiger partial charge in [-0.2, -0.15) is 5.10 Å². The van der Waals surface area contributed by atoms with Crippen LogP contribution < -0.4 is 10.3 Å². The van der Waals surface area contributed by atoms with Crippen LogP contribution in [0.5, 0.6) is 0 Å². The van der Waals surface area contributed by atoms with Crippen LogP contribution in [0, 0.1) is 0 Å². The molecule has 0 saturated carbocycles. The SMILES string of the molecule is CN(C)c1ccc(/C=C/C=N/Nc2cccc(Cl)n2)cc1. The molecule has 0 amide bonds. The Hall–Kier alpha value is -2.33. The number of allylic oxidation sites excluding steroid dienone is 1. The van der Waals surface area contributed by atoms with Gasteiger partial charge in [-0.05, 0) is 35.9 Å². The standard InChI is InChI=1S/C16H17ClN4/c1-21(2)14-10-8-13(9-11-14)5-4-12-18-20-16-7-3-6-15(17)19-16/h3-12H,1-2H3,(H,19,20)/b5-4+,18-12+. The maximum absolute atomic E-state index is 5.78. The first-order valence-electron chi connectivity index (χ1n) is 6.51. The predicted molar refractivity (Wildman–Crippen MR) is 91.2 cm³/mol. The van der Waals surface area contributed by atoms with Crippen LogP contribution in [0.3, 0.4) is 0 Å². The molecule has 0 aliphatic heterocycles. The summed E-state index contributed by atoms with van der Waals surface area (Å²) in [5.41, 5.74) is 5.11. The van der Waals surface area contributed by atoms with Gasteiger partial charge in [0, 0.05) is 26.0 Å². The van der Waals surface area contributed by atoms with Crippen molar-refractivity contribution in [1.82, 2.24) is 4.98 Å². The number of rotatable bonds is 5. The van der Waals surface area contributed by atoms with Gasteiger partial charge in [0.05, 0.1) is 0 Å². The molecule has 1 heterocycles. The van der Waals surface area contributed by atoms with Gasteiger partial charge in [0.25, 0.3) is 0 Å². The monoisotopic (exact) mass is 300 g/mol. The van der Waals surface area contributed by atoms with Gasteiger partial charge in [-0.25, -0.2) is 4.98 Å². The van der Waals surface area contributed by atoms with Gasteiger partial charge >= 0.3 is 0 Å². The molecule has 21 heavy (non-hydrogen) atoms. The maximum atomic E-state index is 5.78. The smallest absolute Gasteiger partial charge is 0.147 e. The lowest BCUT2D eigenvalue weighted by molar-refractivity contribution is 1.13. The van der Waals surface area contributed by atoms with Gasteiger partial charge in [0.15, 0.2) is 0 Å². The Morgan fingerprint density at radius 2 is 1.90 bits per heavy atom. The van der Waals surface area contributed by atoms with Crippen molar-refractivity contribution in [2.24, 2.45) is 5.10 Å². The summed E-state index contributed by atoms with van der Waals surface area (Å²) in [4.78, 5) is 6.13. The van der Waals surface area contributed by atoms with Crippen molar-refractivity contribution in [2.45, 2.75) is 0 Å². The van der Waals surface area contributed by atoms with Crippen LogP contribution in [0.4, 0.5) is 11.5 Å². The summed E-state index contributed by atoms with van der Waals surface area (Å²) in [5, 5.41) is 4.49. The molecule has 0 aliphatic rings. The van der Waals surface area contributed by atoms with Gasteiger partial charge in [-0.1, -0.05) is 35.9 Å². The molecule has 4 nitrogen and oxygen atoms in total. The zero-order valence-corrected chi connectivity index (χ0v) is 12.7. The lowest BCUT2D eigenvalue weighted by Gasteiger charge is -2.11. The lowest BCUT2D eigenvalue weighted by Crippen LogP contribution is -2.07. The highest BCUT2D eigenvalue weighted by Gasteiger charge is 1.93. The highest BCUT2D eigenvalue weighted by Crippen LogP contribution is 2.13. The van der Waals surface area contributed by atoms with Crippen molar-refractivity contribution in [3.8, 4) is 0 Å². The van der Waals surface area contributed by atoms with E-state index in [1.165, 1.54) is 5.69 Å². The van der Waals surface area contributed by atoms with E-state index in [2.05, 4.69) is 44.7 Å². The molecule has 0 radical (unpaired) electrons. The first kappa shape index (κ1) is 15.1.